The fraction of sp³-hybridized carbons (Fsp3) is 0.238. The third kappa shape index (κ3) is 4.45. The van der Waals surface area contributed by atoms with Crippen LogP contribution in [0.4, 0.5) is 17.1 Å². The van der Waals surface area contributed by atoms with E-state index in [9.17, 15) is 25.0 Å². The van der Waals surface area contributed by atoms with Gasteiger partial charge in [0.1, 0.15) is 5.69 Å². The minimum atomic E-state index is -0.682. The molecule has 33 heavy (non-hydrogen) atoms. The van der Waals surface area contributed by atoms with E-state index in [0.717, 1.165) is 11.3 Å². The topological polar surface area (TPSA) is 133 Å². The summed E-state index contributed by atoms with van der Waals surface area (Å²) >= 11 is 1.07. The number of ether oxygens (including phenoxy) is 1. The van der Waals surface area contributed by atoms with E-state index < -0.39 is 15.8 Å². The Labute approximate surface area is 190 Å². The zero-order valence-electron chi connectivity index (χ0n) is 17.2. The zero-order chi connectivity index (χ0) is 23.5. The Morgan fingerprint density at radius 1 is 1.15 bits per heavy atom. The number of non-ortho nitro benzene ring substituents is 1. The molecule has 12 heteroatoms. The van der Waals surface area contributed by atoms with Crippen LogP contribution in [0.15, 0.2) is 41.4 Å². The second kappa shape index (κ2) is 9.19. The maximum Gasteiger partial charge on any atom is 0.293 e. The van der Waals surface area contributed by atoms with E-state index in [-0.39, 0.29) is 28.3 Å². The number of nitrogens with zero attached hydrogens (tertiary/aromatic N) is 5. The summed E-state index contributed by atoms with van der Waals surface area (Å²) in [6.07, 6.45) is 5.45. The van der Waals surface area contributed by atoms with Gasteiger partial charge >= 0.3 is 0 Å². The molecule has 0 bridgehead atoms. The molecule has 1 fully saturated rings. The van der Waals surface area contributed by atoms with Gasteiger partial charge in [0.25, 0.3) is 17.3 Å². The molecule has 1 aromatic heterocycles. The smallest absolute Gasteiger partial charge is 0.293 e. The third-order valence-electron chi connectivity index (χ3n) is 5.09. The third-order valence-corrected chi connectivity index (χ3v) is 6.14. The number of carbonyl (C=O) groups excluding carboxylic acids is 1. The number of amides is 1. The average Bonchev–Trinajstić information content (AvgIpc) is 3.15. The van der Waals surface area contributed by atoms with Gasteiger partial charge in [-0.15, -0.1) is 6.42 Å². The zero-order valence-corrected chi connectivity index (χ0v) is 18.0. The molecule has 0 aliphatic carbocycles. The van der Waals surface area contributed by atoms with Crippen LogP contribution in [0.25, 0.3) is 10.2 Å². The molecule has 11 nitrogen and oxygen atoms in total. The first-order valence-corrected chi connectivity index (χ1v) is 10.6. The molecule has 0 unspecified atom stereocenters. The number of fused-ring (bicyclic) bond motifs is 1. The number of rotatable bonds is 5. The van der Waals surface area contributed by atoms with Crippen LogP contribution < -0.4 is 9.70 Å². The first-order chi connectivity index (χ1) is 15.9. The van der Waals surface area contributed by atoms with Crippen molar-refractivity contribution in [2.24, 2.45) is 4.99 Å². The minimum Gasteiger partial charge on any atom is -0.378 e. The highest BCUT2D eigenvalue weighted by molar-refractivity contribution is 7.16. The molecule has 1 saturated heterocycles. The number of carbonyl (C=O) groups is 1. The first kappa shape index (κ1) is 22.1. The molecule has 4 rings (SSSR count). The minimum absolute atomic E-state index is 0.0504. The Morgan fingerprint density at radius 3 is 2.58 bits per heavy atom. The van der Waals surface area contributed by atoms with Crippen LogP contribution >= 0.6 is 11.3 Å². The van der Waals surface area contributed by atoms with Gasteiger partial charge in [0.05, 0.1) is 39.8 Å². The van der Waals surface area contributed by atoms with E-state index in [0.29, 0.717) is 42.2 Å². The highest BCUT2D eigenvalue weighted by atomic mass is 32.1. The number of nitro groups is 2. The van der Waals surface area contributed by atoms with Crippen LogP contribution in [0, 0.1) is 32.6 Å². The van der Waals surface area contributed by atoms with Crippen molar-refractivity contribution < 1.29 is 19.4 Å². The SMILES string of the molecule is C#CCn1c(=NC(=O)c2ccc(N3CCOCC3)c([N+](=O)[O-])c2)sc2cc([N+](=O)[O-])ccc21. The predicted octanol–water partition coefficient (Wildman–Crippen LogP) is 2.73. The van der Waals surface area contributed by atoms with Crippen LogP contribution in [0.2, 0.25) is 0 Å². The number of nitro benzene ring substituents is 2. The molecule has 0 radical (unpaired) electrons. The van der Waals surface area contributed by atoms with Crippen molar-refractivity contribution in [3.63, 3.8) is 0 Å². The van der Waals surface area contributed by atoms with Crippen LogP contribution in [-0.4, -0.2) is 46.6 Å². The van der Waals surface area contributed by atoms with Gasteiger partial charge in [-0.05, 0) is 18.2 Å². The summed E-state index contributed by atoms with van der Waals surface area (Å²) in [6, 6.07) is 8.52. The summed E-state index contributed by atoms with van der Waals surface area (Å²) in [4.78, 5) is 40.8. The van der Waals surface area contributed by atoms with E-state index in [2.05, 4.69) is 10.9 Å². The highest BCUT2D eigenvalue weighted by Crippen LogP contribution is 2.30. The average molecular weight is 467 g/mol. The summed E-state index contributed by atoms with van der Waals surface area (Å²) in [5.41, 5.74) is 0.778. The molecule has 1 amide bonds. The van der Waals surface area contributed by atoms with Gasteiger partial charge in [-0.3, -0.25) is 25.0 Å². The summed E-state index contributed by atoms with van der Waals surface area (Å²) in [6.45, 7) is 2.05. The van der Waals surface area contributed by atoms with Crippen molar-refractivity contribution in [2.45, 2.75) is 6.54 Å². The summed E-state index contributed by atoms with van der Waals surface area (Å²) in [7, 11) is 0. The Balaban J connectivity index is 1.76. The number of thiazole rings is 1. The van der Waals surface area contributed by atoms with Gasteiger partial charge in [0.2, 0.25) is 0 Å². The van der Waals surface area contributed by atoms with Crippen molar-refractivity contribution in [3.8, 4) is 12.3 Å². The number of hydrogen-bond donors (Lipinski definition) is 0. The highest BCUT2D eigenvalue weighted by Gasteiger charge is 2.23. The van der Waals surface area contributed by atoms with Gasteiger partial charge < -0.3 is 14.2 Å². The number of anilines is 1. The van der Waals surface area contributed by atoms with Crippen LogP contribution in [0.1, 0.15) is 10.4 Å². The molecule has 168 valence electrons. The number of aromatic nitrogens is 1. The summed E-state index contributed by atoms with van der Waals surface area (Å²) < 4.78 is 7.43. The molecular formula is C21H17N5O6S. The lowest BCUT2D eigenvalue weighted by Gasteiger charge is -2.28. The maximum atomic E-state index is 12.9. The molecule has 2 aromatic carbocycles. The van der Waals surface area contributed by atoms with Gasteiger partial charge in [-0.1, -0.05) is 17.3 Å². The van der Waals surface area contributed by atoms with Crippen molar-refractivity contribution in [1.82, 2.24) is 4.57 Å². The lowest BCUT2D eigenvalue weighted by atomic mass is 10.1. The molecule has 2 heterocycles. The quantitative estimate of drug-likeness (QED) is 0.320. The normalized spacial score (nSPS) is 14.3. The lowest BCUT2D eigenvalue weighted by Crippen LogP contribution is -2.36. The fourth-order valence-corrected chi connectivity index (χ4v) is 4.59. The van der Waals surface area contributed by atoms with Gasteiger partial charge in [0.15, 0.2) is 4.80 Å². The predicted molar refractivity (Wildman–Crippen MR) is 121 cm³/mol. The van der Waals surface area contributed by atoms with Gasteiger partial charge in [-0.25, -0.2) is 0 Å². The summed E-state index contributed by atoms with van der Waals surface area (Å²) in [5.74, 6) is 1.80. The molecular weight excluding hydrogens is 450 g/mol. The first-order valence-electron chi connectivity index (χ1n) is 9.80. The van der Waals surface area contributed by atoms with Crippen molar-refractivity contribution in [2.75, 3.05) is 31.2 Å². The van der Waals surface area contributed by atoms with E-state index >= 15 is 0 Å². The molecule has 1 aliphatic rings. The lowest BCUT2D eigenvalue weighted by molar-refractivity contribution is -0.384. The van der Waals surface area contributed by atoms with E-state index in [1.54, 1.807) is 10.6 Å². The molecule has 0 N–H and O–H groups in total. The van der Waals surface area contributed by atoms with Gasteiger partial charge in [0, 0.05) is 36.9 Å². The Hall–Kier alpha value is -4.08. The number of hydrogen-bond acceptors (Lipinski definition) is 8. The summed E-state index contributed by atoms with van der Waals surface area (Å²) in [5, 5.41) is 22.7. The van der Waals surface area contributed by atoms with Crippen LogP contribution in [0.3, 0.4) is 0 Å². The Kier molecular flexibility index (Phi) is 6.16. The molecule has 0 saturated carbocycles. The maximum absolute atomic E-state index is 12.9. The standard InChI is InChI=1S/C21H17N5O6S/c1-2-7-24-17-6-4-15(25(28)29)13-19(17)33-21(24)22-20(27)14-3-5-16(18(12-14)26(30)31)23-8-10-32-11-9-23/h1,3-6,12-13H,7-11H2. The van der Waals surface area contributed by atoms with E-state index in [1.807, 2.05) is 4.90 Å². The number of benzene rings is 2. The second-order valence-corrected chi connectivity index (χ2v) is 8.07. The van der Waals surface area contributed by atoms with E-state index in [4.69, 9.17) is 11.2 Å². The van der Waals surface area contributed by atoms with Crippen LogP contribution in [-0.2, 0) is 11.3 Å². The van der Waals surface area contributed by atoms with E-state index in [1.165, 1.54) is 30.3 Å². The monoisotopic (exact) mass is 467 g/mol. The molecule has 3 aromatic rings. The molecule has 0 spiro atoms. The number of terminal acetylenes is 1. The Morgan fingerprint density at radius 2 is 1.91 bits per heavy atom. The molecule has 0 atom stereocenters. The fourth-order valence-electron chi connectivity index (χ4n) is 3.53. The van der Waals surface area contributed by atoms with Crippen molar-refractivity contribution in [3.05, 3.63) is 67.0 Å². The van der Waals surface area contributed by atoms with Gasteiger partial charge in [-0.2, -0.15) is 4.99 Å². The largest absolute Gasteiger partial charge is 0.378 e. The second-order valence-electron chi connectivity index (χ2n) is 7.06. The van der Waals surface area contributed by atoms with Crippen LogP contribution in [0.5, 0.6) is 0 Å². The van der Waals surface area contributed by atoms with Crippen molar-refractivity contribution >= 4 is 44.5 Å². The molecule has 1 aliphatic heterocycles. The van der Waals surface area contributed by atoms with Crippen molar-refractivity contribution in [1.29, 1.82) is 0 Å². The number of morpholine rings is 1. The Bertz CT molecular complexity index is 1380.